The first-order valence-electron chi connectivity index (χ1n) is 9.48. The average Bonchev–Trinajstić information content (AvgIpc) is 2.96. The summed E-state index contributed by atoms with van der Waals surface area (Å²) in [6.45, 7) is 0.0899. The smallest absolute Gasteiger partial charge is 0.264 e. The third kappa shape index (κ3) is 3.46. The molecule has 5 nitrogen and oxygen atoms in total. The molecule has 1 aliphatic heterocycles. The van der Waals surface area contributed by atoms with Crippen molar-refractivity contribution >= 4 is 17.4 Å². The van der Waals surface area contributed by atoms with Crippen LogP contribution in [0.3, 0.4) is 0 Å². The molecule has 0 radical (unpaired) electrons. The van der Waals surface area contributed by atoms with Crippen LogP contribution in [-0.2, 0) is 16.9 Å². The minimum Gasteiger partial charge on any atom is -0.497 e. The fourth-order valence-electron chi connectivity index (χ4n) is 3.76. The third-order valence-electron chi connectivity index (χ3n) is 5.30. The Morgan fingerprint density at radius 2 is 1.80 bits per heavy atom. The second kappa shape index (κ2) is 7.72. The number of carbonyl (C=O) groups excluding carboxylic acids is 2. The zero-order chi connectivity index (χ0) is 21.3. The van der Waals surface area contributed by atoms with Gasteiger partial charge in [-0.05, 0) is 48.0 Å². The molecule has 3 aromatic carbocycles. The lowest BCUT2D eigenvalue weighted by Crippen LogP contribution is -2.41. The predicted octanol–water partition coefficient (Wildman–Crippen LogP) is 3.84. The summed E-state index contributed by atoms with van der Waals surface area (Å²) in [6, 6.07) is 19.2. The van der Waals surface area contributed by atoms with Crippen molar-refractivity contribution in [3.63, 3.8) is 0 Å². The van der Waals surface area contributed by atoms with E-state index in [9.17, 15) is 19.1 Å². The SMILES string of the molecule is COc1ccc(C(=O)C[C@]2(O)C(=O)N(Cc3cccc(F)c3)c3ccccc32)cc1. The van der Waals surface area contributed by atoms with E-state index in [1.807, 2.05) is 0 Å². The number of ether oxygens (including phenoxy) is 1. The first-order chi connectivity index (χ1) is 14.4. The Labute approximate surface area is 173 Å². The van der Waals surface area contributed by atoms with Crippen LogP contribution >= 0.6 is 0 Å². The molecule has 30 heavy (non-hydrogen) atoms. The molecule has 4 rings (SSSR count). The van der Waals surface area contributed by atoms with Crippen molar-refractivity contribution in [1.29, 1.82) is 0 Å². The second-order valence-electron chi connectivity index (χ2n) is 7.23. The minimum absolute atomic E-state index is 0.0899. The van der Waals surface area contributed by atoms with Crippen LogP contribution in [0.15, 0.2) is 72.8 Å². The van der Waals surface area contributed by atoms with Gasteiger partial charge >= 0.3 is 0 Å². The summed E-state index contributed by atoms with van der Waals surface area (Å²) in [5, 5.41) is 11.3. The van der Waals surface area contributed by atoms with E-state index in [0.29, 0.717) is 28.1 Å². The molecule has 1 aliphatic rings. The van der Waals surface area contributed by atoms with E-state index in [0.717, 1.165) is 0 Å². The molecule has 0 bridgehead atoms. The van der Waals surface area contributed by atoms with Crippen molar-refractivity contribution in [1.82, 2.24) is 0 Å². The van der Waals surface area contributed by atoms with Crippen LogP contribution in [0.5, 0.6) is 5.75 Å². The number of benzene rings is 3. The van der Waals surface area contributed by atoms with E-state index in [-0.39, 0.29) is 12.3 Å². The Balaban J connectivity index is 1.65. The molecular weight excluding hydrogens is 385 g/mol. The summed E-state index contributed by atoms with van der Waals surface area (Å²) in [5.74, 6) is -0.767. The van der Waals surface area contributed by atoms with E-state index in [2.05, 4.69) is 0 Å². The quantitative estimate of drug-likeness (QED) is 0.633. The molecule has 3 aromatic rings. The number of nitrogens with zero attached hydrogens (tertiary/aromatic N) is 1. The summed E-state index contributed by atoms with van der Waals surface area (Å²) in [5.41, 5.74) is -0.145. The summed E-state index contributed by atoms with van der Waals surface area (Å²) < 4.78 is 18.7. The number of anilines is 1. The zero-order valence-electron chi connectivity index (χ0n) is 16.3. The number of ketones is 1. The topological polar surface area (TPSA) is 66.8 Å². The number of aliphatic hydroxyl groups is 1. The van der Waals surface area contributed by atoms with Gasteiger partial charge in [0.1, 0.15) is 11.6 Å². The lowest BCUT2D eigenvalue weighted by atomic mass is 9.88. The molecule has 0 spiro atoms. The van der Waals surface area contributed by atoms with Crippen molar-refractivity contribution < 1.29 is 23.8 Å². The lowest BCUT2D eigenvalue weighted by Gasteiger charge is -2.23. The maximum Gasteiger partial charge on any atom is 0.264 e. The number of Topliss-reactive ketones (excluding diaryl/α,β-unsaturated/α-hetero) is 1. The maximum atomic E-state index is 13.6. The molecule has 6 heteroatoms. The highest BCUT2D eigenvalue weighted by atomic mass is 19.1. The molecule has 1 heterocycles. The fourth-order valence-corrected chi connectivity index (χ4v) is 3.76. The van der Waals surface area contributed by atoms with E-state index in [4.69, 9.17) is 4.74 Å². The summed E-state index contributed by atoms with van der Waals surface area (Å²) >= 11 is 0. The molecule has 1 N–H and O–H groups in total. The highest BCUT2D eigenvalue weighted by Crippen LogP contribution is 2.43. The maximum absolute atomic E-state index is 13.6. The summed E-state index contributed by atoms with van der Waals surface area (Å²) in [4.78, 5) is 27.5. The van der Waals surface area contributed by atoms with Crippen LogP contribution in [0.25, 0.3) is 0 Å². The lowest BCUT2D eigenvalue weighted by molar-refractivity contribution is -0.136. The van der Waals surface area contributed by atoms with Gasteiger partial charge in [-0.3, -0.25) is 9.59 Å². The van der Waals surface area contributed by atoms with Crippen molar-refractivity contribution in [3.8, 4) is 5.75 Å². The molecule has 0 saturated carbocycles. The molecule has 0 aliphatic carbocycles. The standard InChI is InChI=1S/C24H20FNO4/c1-30-19-11-9-17(10-12-19)22(27)14-24(29)20-7-2-3-8-21(20)26(23(24)28)15-16-5-4-6-18(25)13-16/h2-13,29H,14-15H2,1H3/t24-/m1/s1. The second-order valence-corrected chi connectivity index (χ2v) is 7.23. The van der Waals surface area contributed by atoms with Gasteiger partial charge in [-0.2, -0.15) is 0 Å². The number of hydrogen-bond donors (Lipinski definition) is 1. The number of carbonyl (C=O) groups is 2. The third-order valence-corrected chi connectivity index (χ3v) is 5.30. The van der Waals surface area contributed by atoms with Crippen molar-refractivity contribution in [2.24, 2.45) is 0 Å². The number of para-hydroxylation sites is 1. The number of hydrogen-bond acceptors (Lipinski definition) is 4. The Hall–Kier alpha value is -3.51. The first-order valence-corrected chi connectivity index (χ1v) is 9.48. The van der Waals surface area contributed by atoms with Crippen LogP contribution in [0.2, 0.25) is 0 Å². The molecule has 1 amide bonds. The van der Waals surface area contributed by atoms with E-state index in [1.54, 1.807) is 60.7 Å². The van der Waals surface area contributed by atoms with Gasteiger partial charge in [0.05, 0.1) is 25.8 Å². The fraction of sp³-hybridized carbons (Fsp3) is 0.167. The highest BCUT2D eigenvalue weighted by molar-refractivity contribution is 6.10. The molecule has 1 atom stereocenters. The largest absolute Gasteiger partial charge is 0.497 e. The monoisotopic (exact) mass is 405 g/mol. The number of fused-ring (bicyclic) bond motifs is 1. The Morgan fingerprint density at radius 3 is 2.50 bits per heavy atom. The van der Waals surface area contributed by atoms with Gasteiger partial charge in [0.15, 0.2) is 11.4 Å². The van der Waals surface area contributed by atoms with Crippen LogP contribution in [-0.4, -0.2) is 23.9 Å². The van der Waals surface area contributed by atoms with Gasteiger partial charge in [0.2, 0.25) is 0 Å². The summed E-state index contributed by atoms with van der Waals surface area (Å²) in [6.07, 6.45) is -0.394. The molecule has 0 fully saturated rings. The molecule has 152 valence electrons. The Bertz CT molecular complexity index is 1110. The number of amides is 1. The van der Waals surface area contributed by atoms with Gasteiger partial charge in [-0.15, -0.1) is 0 Å². The molecular formula is C24H20FNO4. The molecule has 0 saturated heterocycles. The van der Waals surface area contributed by atoms with Gasteiger partial charge in [-0.25, -0.2) is 4.39 Å². The summed E-state index contributed by atoms with van der Waals surface area (Å²) in [7, 11) is 1.53. The minimum atomic E-state index is -1.99. The molecule has 0 aromatic heterocycles. The number of halogens is 1. The van der Waals surface area contributed by atoms with Gasteiger partial charge in [-0.1, -0.05) is 30.3 Å². The Morgan fingerprint density at radius 1 is 1.07 bits per heavy atom. The van der Waals surface area contributed by atoms with Crippen LogP contribution in [0.4, 0.5) is 10.1 Å². The van der Waals surface area contributed by atoms with Crippen molar-refractivity contribution in [2.75, 3.05) is 12.0 Å². The first kappa shape index (κ1) is 19.8. The molecule has 0 unspecified atom stereocenters. The van der Waals surface area contributed by atoms with Crippen molar-refractivity contribution in [3.05, 3.63) is 95.3 Å². The van der Waals surface area contributed by atoms with Gasteiger partial charge < -0.3 is 14.7 Å². The van der Waals surface area contributed by atoms with E-state index >= 15 is 0 Å². The highest BCUT2D eigenvalue weighted by Gasteiger charge is 2.50. The predicted molar refractivity (Wildman–Crippen MR) is 110 cm³/mol. The van der Waals surface area contributed by atoms with E-state index in [1.165, 1.54) is 24.1 Å². The Kier molecular flexibility index (Phi) is 5.10. The van der Waals surface area contributed by atoms with Crippen LogP contribution in [0.1, 0.15) is 27.9 Å². The van der Waals surface area contributed by atoms with Crippen LogP contribution < -0.4 is 9.64 Å². The van der Waals surface area contributed by atoms with Gasteiger partial charge in [0.25, 0.3) is 5.91 Å². The van der Waals surface area contributed by atoms with E-state index < -0.39 is 23.7 Å². The van der Waals surface area contributed by atoms with Crippen LogP contribution in [0, 0.1) is 5.82 Å². The average molecular weight is 405 g/mol. The number of methoxy groups -OCH3 is 1. The normalized spacial score (nSPS) is 17.7. The van der Waals surface area contributed by atoms with Gasteiger partial charge in [0, 0.05) is 11.1 Å². The number of rotatable bonds is 6. The van der Waals surface area contributed by atoms with Crippen molar-refractivity contribution in [2.45, 2.75) is 18.6 Å². The zero-order valence-corrected chi connectivity index (χ0v) is 16.3.